The SMILES string of the molecule is O=C(c1cncc(Cl)c1)N1CCN(C(c2ccccc2)c2cccc(F)c2)CC1. The summed E-state index contributed by atoms with van der Waals surface area (Å²) in [4.78, 5) is 20.9. The normalized spacial score (nSPS) is 15.9. The van der Waals surface area contributed by atoms with E-state index >= 15 is 0 Å². The Bertz CT molecular complexity index is 990. The molecule has 0 saturated carbocycles. The second-order valence-electron chi connectivity index (χ2n) is 7.09. The Balaban J connectivity index is 1.53. The number of hydrogen-bond acceptors (Lipinski definition) is 3. The van der Waals surface area contributed by atoms with Crippen LogP contribution >= 0.6 is 11.6 Å². The van der Waals surface area contributed by atoms with Gasteiger partial charge in [0.2, 0.25) is 0 Å². The number of pyridine rings is 1. The van der Waals surface area contributed by atoms with Crippen molar-refractivity contribution in [3.63, 3.8) is 0 Å². The molecule has 4 nitrogen and oxygen atoms in total. The van der Waals surface area contributed by atoms with Crippen molar-refractivity contribution in [1.82, 2.24) is 14.8 Å². The summed E-state index contributed by atoms with van der Waals surface area (Å²) in [5, 5.41) is 0.449. The van der Waals surface area contributed by atoms with Crippen LogP contribution in [-0.4, -0.2) is 46.9 Å². The lowest BCUT2D eigenvalue weighted by Gasteiger charge is -2.39. The zero-order valence-corrected chi connectivity index (χ0v) is 16.6. The van der Waals surface area contributed by atoms with Crippen molar-refractivity contribution in [3.8, 4) is 0 Å². The minimum absolute atomic E-state index is 0.0583. The van der Waals surface area contributed by atoms with Gasteiger partial charge in [0, 0.05) is 38.6 Å². The molecule has 0 bridgehead atoms. The lowest BCUT2D eigenvalue weighted by molar-refractivity contribution is 0.0597. The first-order valence-electron chi connectivity index (χ1n) is 9.56. The van der Waals surface area contributed by atoms with E-state index < -0.39 is 0 Å². The average Bonchev–Trinajstić information content (AvgIpc) is 2.75. The predicted molar refractivity (Wildman–Crippen MR) is 111 cm³/mol. The lowest BCUT2D eigenvalue weighted by Crippen LogP contribution is -2.49. The lowest BCUT2D eigenvalue weighted by atomic mass is 9.96. The molecule has 1 saturated heterocycles. The Kier molecular flexibility index (Phi) is 5.88. The van der Waals surface area contributed by atoms with Crippen molar-refractivity contribution in [2.75, 3.05) is 26.2 Å². The molecule has 0 aliphatic carbocycles. The molecule has 2 aromatic carbocycles. The van der Waals surface area contributed by atoms with Gasteiger partial charge in [-0.2, -0.15) is 0 Å². The molecular formula is C23H21ClFN3O. The molecule has 1 aliphatic heterocycles. The van der Waals surface area contributed by atoms with Crippen molar-refractivity contribution in [3.05, 3.63) is 101 Å². The minimum atomic E-state index is -0.245. The summed E-state index contributed by atoms with van der Waals surface area (Å²) in [6.45, 7) is 2.56. The number of carbonyl (C=O) groups excluding carboxylic acids is 1. The van der Waals surface area contributed by atoms with E-state index in [2.05, 4.69) is 22.0 Å². The van der Waals surface area contributed by atoms with E-state index in [0.717, 1.165) is 11.1 Å². The highest BCUT2D eigenvalue weighted by Crippen LogP contribution is 2.30. The first kappa shape index (κ1) is 19.6. The summed E-state index contributed by atoms with van der Waals surface area (Å²) in [6, 6.07) is 18.4. The first-order chi connectivity index (χ1) is 14.1. The maximum Gasteiger partial charge on any atom is 0.255 e. The molecule has 1 atom stereocenters. The molecule has 1 aromatic heterocycles. The Hall–Kier alpha value is -2.76. The van der Waals surface area contributed by atoms with Crippen LogP contribution in [0.3, 0.4) is 0 Å². The molecule has 0 spiro atoms. The van der Waals surface area contributed by atoms with Crippen molar-refractivity contribution in [1.29, 1.82) is 0 Å². The van der Waals surface area contributed by atoms with Crippen LogP contribution in [0.1, 0.15) is 27.5 Å². The molecule has 1 fully saturated rings. The van der Waals surface area contributed by atoms with Crippen molar-refractivity contribution < 1.29 is 9.18 Å². The van der Waals surface area contributed by atoms with Crippen LogP contribution in [0, 0.1) is 5.82 Å². The third-order valence-corrected chi connectivity index (χ3v) is 5.40. The molecule has 4 rings (SSSR count). The van der Waals surface area contributed by atoms with E-state index in [1.807, 2.05) is 29.2 Å². The van der Waals surface area contributed by atoms with E-state index in [9.17, 15) is 9.18 Å². The number of carbonyl (C=O) groups is 1. The first-order valence-corrected chi connectivity index (χ1v) is 9.94. The van der Waals surface area contributed by atoms with Crippen LogP contribution in [0.15, 0.2) is 73.1 Å². The van der Waals surface area contributed by atoms with Gasteiger partial charge in [0.25, 0.3) is 5.91 Å². The fourth-order valence-corrected chi connectivity index (χ4v) is 3.99. The highest BCUT2D eigenvalue weighted by atomic mass is 35.5. The van der Waals surface area contributed by atoms with Gasteiger partial charge in [-0.05, 0) is 29.3 Å². The second-order valence-corrected chi connectivity index (χ2v) is 7.52. The monoisotopic (exact) mass is 409 g/mol. The van der Waals surface area contributed by atoms with Gasteiger partial charge in [-0.3, -0.25) is 14.7 Å². The van der Waals surface area contributed by atoms with Crippen LogP contribution in [-0.2, 0) is 0 Å². The standard InChI is InChI=1S/C23H21ClFN3O/c24-20-13-19(15-26-16-20)23(29)28-11-9-27(10-12-28)22(17-5-2-1-3-6-17)18-7-4-8-21(25)14-18/h1-8,13-16,22H,9-12H2. The molecule has 6 heteroatoms. The molecule has 2 heterocycles. The summed E-state index contributed by atoms with van der Waals surface area (Å²) >= 11 is 5.97. The van der Waals surface area contributed by atoms with E-state index in [0.29, 0.717) is 36.8 Å². The number of halogens is 2. The van der Waals surface area contributed by atoms with Gasteiger partial charge < -0.3 is 4.90 Å². The highest BCUT2D eigenvalue weighted by molar-refractivity contribution is 6.30. The molecule has 1 aliphatic rings. The Morgan fingerprint density at radius 1 is 0.931 bits per heavy atom. The summed E-state index contributed by atoms with van der Waals surface area (Å²) < 4.78 is 13.9. The van der Waals surface area contributed by atoms with Crippen LogP contribution in [0.4, 0.5) is 4.39 Å². The molecule has 0 N–H and O–H groups in total. The van der Waals surface area contributed by atoms with Crippen LogP contribution in [0.25, 0.3) is 0 Å². The highest BCUT2D eigenvalue weighted by Gasteiger charge is 2.28. The van der Waals surface area contributed by atoms with Crippen molar-refractivity contribution >= 4 is 17.5 Å². The second kappa shape index (κ2) is 8.72. The van der Waals surface area contributed by atoms with E-state index in [1.54, 1.807) is 24.4 Å². The topological polar surface area (TPSA) is 36.4 Å². The number of hydrogen-bond donors (Lipinski definition) is 0. The summed E-state index contributed by atoms with van der Waals surface area (Å²) in [7, 11) is 0. The van der Waals surface area contributed by atoms with Gasteiger partial charge in [-0.25, -0.2) is 4.39 Å². The van der Waals surface area contributed by atoms with Gasteiger partial charge in [0.15, 0.2) is 0 Å². The smallest absolute Gasteiger partial charge is 0.255 e. The van der Waals surface area contributed by atoms with Gasteiger partial charge in [-0.1, -0.05) is 54.1 Å². The van der Waals surface area contributed by atoms with Crippen LogP contribution in [0.2, 0.25) is 5.02 Å². The zero-order valence-electron chi connectivity index (χ0n) is 15.8. The summed E-state index contributed by atoms with van der Waals surface area (Å²) in [5.41, 5.74) is 2.52. The maximum atomic E-state index is 13.9. The summed E-state index contributed by atoms with van der Waals surface area (Å²) in [6.07, 6.45) is 3.06. The number of aromatic nitrogens is 1. The van der Waals surface area contributed by atoms with Gasteiger partial charge >= 0.3 is 0 Å². The predicted octanol–water partition coefficient (Wildman–Crippen LogP) is 4.42. The van der Waals surface area contributed by atoms with Gasteiger partial charge in [0.1, 0.15) is 5.82 Å². The number of rotatable bonds is 4. The fraction of sp³-hybridized carbons (Fsp3) is 0.217. The van der Waals surface area contributed by atoms with E-state index in [4.69, 9.17) is 11.6 Å². The average molecular weight is 410 g/mol. The number of amides is 1. The van der Waals surface area contributed by atoms with Crippen molar-refractivity contribution in [2.24, 2.45) is 0 Å². The zero-order chi connectivity index (χ0) is 20.2. The van der Waals surface area contributed by atoms with Gasteiger partial charge in [-0.15, -0.1) is 0 Å². The number of nitrogens with zero attached hydrogens (tertiary/aromatic N) is 3. The maximum absolute atomic E-state index is 13.9. The third kappa shape index (κ3) is 4.47. The van der Waals surface area contributed by atoms with Crippen LogP contribution in [0.5, 0.6) is 0 Å². The van der Waals surface area contributed by atoms with Crippen molar-refractivity contribution in [2.45, 2.75) is 6.04 Å². The Morgan fingerprint density at radius 3 is 2.34 bits per heavy atom. The molecule has 1 amide bonds. The van der Waals surface area contributed by atoms with Crippen LogP contribution < -0.4 is 0 Å². The third-order valence-electron chi connectivity index (χ3n) is 5.20. The van der Waals surface area contributed by atoms with E-state index in [1.165, 1.54) is 12.3 Å². The fourth-order valence-electron chi connectivity index (χ4n) is 3.82. The molecule has 1 unspecified atom stereocenters. The number of piperazine rings is 1. The molecule has 0 radical (unpaired) electrons. The largest absolute Gasteiger partial charge is 0.336 e. The summed E-state index contributed by atoms with van der Waals surface area (Å²) in [5.74, 6) is -0.313. The molecular weight excluding hydrogens is 389 g/mol. The Morgan fingerprint density at radius 2 is 1.66 bits per heavy atom. The minimum Gasteiger partial charge on any atom is -0.336 e. The Labute approximate surface area is 174 Å². The van der Waals surface area contributed by atoms with Gasteiger partial charge in [0.05, 0.1) is 16.6 Å². The molecule has 29 heavy (non-hydrogen) atoms. The number of benzene rings is 2. The quantitative estimate of drug-likeness (QED) is 0.640. The molecule has 3 aromatic rings. The van der Waals surface area contributed by atoms with E-state index in [-0.39, 0.29) is 17.8 Å². The molecule has 148 valence electrons.